The zero-order valence-corrected chi connectivity index (χ0v) is 19.1. The van der Waals surface area contributed by atoms with Crippen LogP contribution < -0.4 is 25.6 Å². The van der Waals surface area contributed by atoms with E-state index in [1.807, 2.05) is 6.07 Å². The van der Waals surface area contributed by atoms with Crippen LogP contribution in [0.25, 0.3) is 0 Å². The molecule has 1 saturated heterocycles. The number of rotatable bonds is 7. The van der Waals surface area contributed by atoms with Crippen molar-refractivity contribution in [1.82, 2.24) is 9.97 Å². The quantitative estimate of drug-likeness (QED) is 0.429. The topological polar surface area (TPSA) is 126 Å². The van der Waals surface area contributed by atoms with Crippen molar-refractivity contribution in [3.8, 4) is 5.75 Å². The Morgan fingerprint density at radius 2 is 1.74 bits per heavy atom. The Hall–Kier alpha value is -4.18. The second-order valence-electron chi connectivity index (χ2n) is 7.37. The number of anilines is 6. The number of amides is 3. The van der Waals surface area contributed by atoms with E-state index in [-0.39, 0.29) is 41.5 Å². The van der Waals surface area contributed by atoms with Gasteiger partial charge in [0.2, 0.25) is 23.7 Å². The molecule has 1 aliphatic rings. The smallest absolute Gasteiger partial charge is 0.234 e. The number of hydrogen-bond donors (Lipinski definition) is 3. The van der Waals surface area contributed by atoms with E-state index in [2.05, 4.69) is 25.9 Å². The Morgan fingerprint density at radius 1 is 1.03 bits per heavy atom. The van der Waals surface area contributed by atoms with Gasteiger partial charge in [-0.05, 0) is 24.3 Å². The van der Waals surface area contributed by atoms with Gasteiger partial charge in [0.25, 0.3) is 0 Å². The SMILES string of the molecule is COc1cc(N2C(=O)CCC2=O)ccc1Nc1ncc(Cl)c(Nc2ccccc2NC(C)=O)n1. The molecule has 2 aromatic carbocycles. The summed E-state index contributed by atoms with van der Waals surface area (Å²) in [5.41, 5.74) is 2.13. The number of ether oxygens (including phenoxy) is 1. The lowest BCUT2D eigenvalue weighted by Gasteiger charge is -2.17. The highest BCUT2D eigenvalue weighted by molar-refractivity contribution is 6.33. The molecule has 2 heterocycles. The maximum atomic E-state index is 12.0. The molecule has 1 aromatic heterocycles. The molecule has 3 N–H and O–H groups in total. The number of methoxy groups -OCH3 is 1. The Kier molecular flexibility index (Phi) is 6.60. The summed E-state index contributed by atoms with van der Waals surface area (Å²) in [7, 11) is 1.48. The second-order valence-corrected chi connectivity index (χ2v) is 7.78. The van der Waals surface area contributed by atoms with Crippen LogP contribution >= 0.6 is 11.6 Å². The first kappa shape index (κ1) is 23.0. The summed E-state index contributed by atoms with van der Waals surface area (Å²) in [6.45, 7) is 1.42. The highest BCUT2D eigenvalue weighted by Crippen LogP contribution is 2.34. The molecule has 0 saturated carbocycles. The van der Waals surface area contributed by atoms with E-state index in [9.17, 15) is 14.4 Å². The highest BCUT2D eigenvalue weighted by atomic mass is 35.5. The summed E-state index contributed by atoms with van der Waals surface area (Å²) in [4.78, 5) is 45.4. The van der Waals surface area contributed by atoms with Crippen molar-refractivity contribution in [3.63, 3.8) is 0 Å². The fourth-order valence-electron chi connectivity index (χ4n) is 3.44. The molecule has 0 unspecified atom stereocenters. The third kappa shape index (κ3) is 4.91. The molecular formula is C23H21ClN6O4. The van der Waals surface area contributed by atoms with Gasteiger partial charge < -0.3 is 20.7 Å². The first-order chi connectivity index (χ1) is 16.4. The van der Waals surface area contributed by atoms with Crippen molar-refractivity contribution in [3.05, 3.63) is 53.7 Å². The number of aromatic nitrogens is 2. The van der Waals surface area contributed by atoms with Crippen LogP contribution in [0.5, 0.6) is 5.75 Å². The number of imide groups is 1. The van der Waals surface area contributed by atoms with Crippen molar-refractivity contribution >= 4 is 63.8 Å². The second kappa shape index (κ2) is 9.75. The molecule has 0 spiro atoms. The van der Waals surface area contributed by atoms with Crippen molar-refractivity contribution in [2.45, 2.75) is 19.8 Å². The molecular weight excluding hydrogens is 460 g/mol. The van der Waals surface area contributed by atoms with Gasteiger partial charge in [0, 0.05) is 25.8 Å². The molecule has 174 valence electrons. The summed E-state index contributed by atoms with van der Waals surface area (Å²) in [5.74, 6) is 0.240. The molecule has 0 radical (unpaired) electrons. The Labute approximate surface area is 200 Å². The number of para-hydroxylation sites is 2. The minimum Gasteiger partial charge on any atom is -0.494 e. The molecule has 0 atom stereocenters. The average Bonchev–Trinajstić information content (AvgIpc) is 3.15. The standard InChI is InChI=1S/C23H21ClN6O4/c1-13(31)26-16-5-3-4-6-17(16)27-22-15(24)12-25-23(29-22)28-18-8-7-14(11-19(18)34-2)30-20(32)9-10-21(30)33/h3-8,11-12H,9-10H2,1-2H3,(H,26,31)(H2,25,27,28,29). The highest BCUT2D eigenvalue weighted by Gasteiger charge is 2.30. The summed E-state index contributed by atoms with van der Waals surface area (Å²) in [6.07, 6.45) is 1.82. The Balaban J connectivity index is 1.59. The van der Waals surface area contributed by atoms with Gasteiger partial charge in [-0.1, -0.05) is 23.7 Å². The van der Waals surface area contributed by atoms with Gasteiger partial charge >= 0.3 is 0 Å². The molecule has 3 aromatic rings. The lowest BCUT2D eigenvalue weighted by atomic mass is 10.2. The number of benzene rings is 2. The maximum absolute atomic E-state index is 12.0. The van der Waals surface area contributed by atoms with E-state index in [0.717, 1.165) is 4.90 Å². The molecule has 4 rings (SSSR count). The molecule has 10 nitrogen and oxygen atoms in total. The van der Waals surface area contributed by atoms with Gasteiger partial charge in [-0.15, -0.1) is 0 Å². The largest absolute Gasteiger partial charge is 0.494 e. The predicted octanol–water partition coefficient (Wildman–Crippen LogP) is 4.24. The van der Waals surface area contributed by atoms with Gasteiger partial charge in [-0.3, -0.25) is 19.3 Å². The number of carbonyl (C=O) groups is 3. The normalized spacial score (nSPS) is 13.1. The van der Waals surface area contributed by atoms with Crippen molar-refractivity contribution in [2.75, 3.05) is 28.0 Å². The minimum atomic E-state index is -0.246. The molecule has 3 amide bonds. The molecule has 1 fully saturated rings. The van der Waals surface area contributed by atoms with Gasteiger partial charge in [-0.25, -0.2) is 4.98 Å². The van der Waals surface area contributed by atoms with E-state index >= 15 is 0 Å². The minimum absolute atomic E-state index is 0.195. The van der Waals surface area contributed by atoms with Crippen LogP contribution in [0, 0.1) is 0 Å². The van der Waals surface area contributed by atoms with Crippen LogP contribution in [0.4, 0.5) is 34.5 Å². The fraction of sp³-hybridized carbons (Fsp3) is 0.174. The lowest BCUT2D eigenvalue weighted by Crippen LogP contribution is -2.28. The predicted molar refractivity (Wildman–Crippen MR) is 129 cm³/mol. The monoisotopic (exact) mass is 480 g/mol. The number of nitrogens with zero attached hydrogens (tertiary/aromatic N) is 3. The number of nitrogens with one attached hydrogen (secondary N) is 3. The zero-order chi connectivity index (χ0) is 24.2. The molecule has 11 heteroatoms. The zero-order valence-electron chi connectivity index (χ0n) is 18.4. The fourth-order valence-corrected chi connectivity index (χ4v) is 3.58. The Bertz CT molecular complexity index is 1270. The van der Waals surface area contributed by atoms with E-state index in [1.54, 1.807) is 36.4 Å². The van der Waals surface area contributed by atoms with Gasteiger partial charge in [0.1, 0.15) is 10.8 Å². The van der Waals surface area contributed by atoms with E-state index in [1.165, 1.54) is 20.2 Å². The molecule has 0 bridgehead atoms. The van der Waals surface area contributed by atoms with Crippen LogP contribution in [0.3, 0.4) is 0 Å². The van der Waals surface area contributed by atoms with Gasteiger partial charge in [0.15, 0.2) is 5.82 Å². The average molecular weight is 481 g/mol. The first-order valence-electron chi connectivity index (χ1n) is 10.3. The number of hydrogen-bond acceptors (Lipinski definition) is 8. The summed E-state index contributed by atoms with van der Waals surface area (Å²) >= 11 is 6.29. The lowest BCUT2D eigenvalue weighted by molar-refractivity contribution is -0.121. The number of halogens is 1. The molecule has 1 aliphatic heterocycles. The summed E-state index contributed by atoms with van der Waals surface area (Å²) in [5, 5.41) is 9.19. The molecule has 34 heavy (non-hydrogen) atoms. The third-order valence-corrected chi connectivity index (χ3v) is 5.25. The Morgan fingerprint density at radius 3 is 2.41 bits per heavy atom. The maximum Gasteiger partial charge on any atom is 0.234 e. The third-order valence-electron chi connectivity index (χ3n) is 4.98. The summed E-state index contributed by atoms with van der Waals surface area (Å²) < 4.78 is 5.44. The number of carbonyl (C=O) groups excluding carboxylic acids is 3. The first-order valence-corrected chi connectivity index (χ1v) is 10.7. The van der Waals surface area contributed by atoms with Crippen LogP contribution in [0.2, 0.25) is 5.02 Å². The molecule has 0 aliphatic carbocycles. The van der Waals surface area contributed by atoms with Crippen LogP contribution in [0.1, 0.15) is 19.8 Å². The van der Waals surface area contributed by atoms with E-state index in [4.69, 9.17) is 16.3 Å². The van der Waals surface area contributed by atoms with Crippen LogP contribution in [-0.4, -0.2) is 34.8 Å². The van der Waals surface area contributed by atoms with E-state index < -0.39 is 0 Å². The van der Waals surface area contributed by atoms with Crippen LogP contribution in [0.15, 0.2) is 48.7 Å². The van der Waals surface area contributed by atoms with Gasteiger partial charge in [-0.2, -0.15) is 4.98 Å². The van der Waals surface area contributed by atoms with Crippen LogP contribution in [-0.2, 0) is 14.4 Å². The summed E-state index contributed by atoms with van der Waals surface area (Å²) in [6, 6.07) is 12.0. The van der Waals surface area contributed by atoms with Crippen molar-refractivity contribution in [1.29, 1.82) is 0 Å². The van der Waals surface area contributed by atoms with Crippen molar-refractivity contribution < 1.29 is 19.1 Å². The van der Waals surface area contributed by atoms with E-state index in [0.29, 0.717) is 34.3 Å². The van der Waals surface area contributed by atoms with Crippen molar-refractivity contribution in [2.24, 2.45) is 0 Å². The van der Waals surface area contributed by atoms with Gasteiger partial charge in [0.05, 0.1) is 36.1 Å².